The van der Waals surface area contributed by atoms with Gasteiger partial charge in [0.2, 0.25) is 0 Å². The summed E-state index contributed by atoms with van der Waals surface area (Å²) in [4.78, 5) is 33.6. The molecule has 0 bridgehead atoms. The highest BCUT2D eigenvalue weighted by atomic mass is 16.6. The molecule has 130 valence electrons. The summed E-state index contributed by atoms with van der Waals surface area (Å²) in [6, 6.07) is 3.01. The standard InChI is InChI=1S/C18H18N2O5/c1-9-10(2)12(4)17(13(5)11(9)3)18(21)14-6-15(19(22)23)8-16(7-14)20(24)25/h6-8H,1-5H3. The SMILES string of the molecule is Cc1c(C)c(C)c(C(=O)c2cc([N+](=O)[O-])cc([N+](=O)[O-])c2)c(C)c1C. The van der Waals surface area contributed by atoms with Gasteiger partial charge in [0.1, 0.15) is 0 Å². The second kappa shape index (κ2) is 6.43. The molecule has 2 aromatic rings. The van der Waals surface area contributed by atoms with Crippen LogP contribution in [-0.2, 0) is 0 Å². The molecular formula is C18H18N2O5. The summed E-state index contributed by atoms with van der Waals surface area (Å²) >= 11 is 0. The molecule has 0 aliphatic heterocycles. The normalized spacial score (nSPS) is 10.6. The summed E-state index contributed by atoms with van der Waals surface area (Å²) in [6.07, 6.45) is 0. The van der Waals surface area contributed by atoms with E-state index in [-0.39, 0.29) is 5.56 Å². The van der Waals surface area contributed by atoms with Gasteiger partial charge in [-0.15, -0.1) is 0 Å². The molecule has 0 fully saturated rings. The lowest BCUT2D eigenvalue weighted by Crippen LogP contribution is -2.11. The van der Waals surface area contributed by atoms with Gasteiger partial charge in [-0.3, -0.25) is 25.0 Å². The van der Waals surface area contributed by atoms with Crippen molar-refractivity contribution >= 4 is 17.2 Å². The third-order valence-corrected chi connectivity index (χ3v) is 4.81. The number of carbonyl (C=O) groups excluding carboxylic acids is 1. The zero-order valence-corrected chi connectivity index (χ0v) is 14.7. The quantitative estimate of drug-likeness (QED) is 0.469. The number of carbonyl (C=O) groups is 1. The van der Waals surface area contributed by atoms with Crippen LogP contribution in [0.5, 0.6) is 0 Å². The maximum absolute atomic E-state index is 13.0. The molecule has 0 aliphatic rings. The Hall–Kier alpha value is -3.09. The van der Waals surface area contributed by atoms with Crippen LogP contribution in [-0.4, -0.2) is 15.6 Å². The Morgan fingerprint density at radius 3 is 1.44 bits per heavy atom. The Morgan fingerprint density at radius 1 is 0.720 bits per heavy atom. The maximum atomic E-state index is 13.0. The molecule has 0 atom stereocenters. The molecule has 0 heterocycles. The first-order valence-corrected chi connectivity index (χ1v) is 7.61. The molecule has 2 rings (SSSR count). The van der Waals surface area contributed by atoms with Crippen molar-refractivity contribution in [2.24, 2.45) is 0 Å². The number of hydrogen-bond donors (Lipinski definition) is 0. The predicted octanol–water partition coefficient (Wildman–Crippen LogP) is 4.28. The lowest BCUT2D eigenvalue weighted by molar-refractivity contribution is -0.394. The van der Waals surface area contributed by atoms with Crippen molar-refractivity contribution in [2.75, 3.05) is 0 Å². The van der Waals surface area contributed by atoms with Gasteiger partial charge in [-0.2, -0.15) is 0 Å². The Labute approximate surface area is 144 Å². The molecule has 0 radical (unpaired) electrons. The second-order valence-corrected chi connectivity index (χ2v) is 6.08. The van der Waals surface area contributed by atoms with Gasteiger partial charge in [-0.1, -0.05) is 0 Å². The molecular weight excluding hydrogens is 324 g/mol. The molecule has 0 amide bonds. The van der Waals surface area contributed by atoms with Crippen LogP contribution < -0.4 is 0 Å². The van der Waals surface area contributed by atoms with E-state index in [1.807, 2.05) is 34.6 Å². The minimum Gasteiger partial charge on any atom is -0.289 e. The fraction of sp³-hybridized carbons (Fsp3) is 0.278. The average molecular weight is 342 g/mol. The van der Waals surface area contributed by atoms with Crippen LogP contribution in [0.15, 0.2) is 18.2 Å². The van der Waals surface area contributed by atoms with Gasteiger partial charge < -0.3 is 0 Å². The van der Waals surface area contributed by atoms with Gasteiger partial charge in [0.05, 0.1) is 15.9 Å². The van der Waals surface area contributed by atoms with Crippen LogP contribution in [0.1, 0.15) is 43.7 Å². The van der Waals surface area contributed by atoms with Crippen molar-refractivity contribution in [2.45, 2.75) is 34.6 Å². The lowest BCUT2D eigenvalue weighted by Gasteiger charge is -2.17. The van der Waals surface area contributed by atoms with Gasteiger partial charge in [0.15, 0.2) is 5.78 Å². The van der Waals surface area contributed by atoms with Crippen LogP contribution in [0.25, 0.3) is 0 Å². The van der Waals surface area contributed by atoms with Crippen molar-refractivity contribution in [3.63, 3.8) is 0 Å². The number of rotatable bonds is 4. The van der Waals surface area contributed by atoms with E-state index in [0.29, 0.717) is 5.56 Å². The molecule has 7 nitrogen and oxygen atoms in total. The van der Waals surface area contributed by atoms with E-state index in [1.54, 1.807) is 0 Å². The number of ketones is 1. The second-order valence-electron chi connectivity index (χ2n) is 6.08. The monoisotopic (exact) mass is 342 g/mol. The Morgan fingerprint density at radius 2 is 1.08 bits per heavy atom. The van der Waals surface area contributed by atoms with Crippen LogP contribution in [0, 0.1) is 54.8 Å². The summed E-state index contributed by atoms with van der Waals surface area (Å²) in [5.41, 5.74) is 3.99. The zero-order chi connectivity index (χ0) is 19.0. The highest BCUT2D eigenvalue weighted by molar-refractivity contribution is 6.12. The van der Waals surface area contributed by atoms with E-state index in [4.69, 9.17) is 0 Å². The van der Waals surface area contributed by atoms with Gasteiger partial charge in [-0.05, 0) is 62.4 Å². The fourth-order valence-corrected chi connectivity index (χ4v) is 2.92. The Balaban J connectivity index is 2.75. The fourth-order valence-electron chi connectivity index (χ4n) is 2.92. The smallest absolute Gasteiger partial charge is 0.277 e. The molecule has 7 heteroatoms. The van der Waals surface area contributed by atoms with Crippen molar-refractivity contribution in [3.05, 3.63) is 77.4 Å². The number of hydrogen-bond acceptors (Lipinski definition) is 5. The summed E-state index contributed by atoms with van der Waals surface area (Å²) in [6.45, 7) is 9.41. The van der Waals surface area contributed by atoms with E-state index in [2.05, 4.69) is 0 Å². The summed E-state index contributed by atoms with van der Waals surface area (Å²) < 4.78 is 0. The molecule has 0 saturated heterocycles. The van der Waals surface area contributed by atoms with E-state index in [1.165, 1.54) is 0 Å². The highest BCUT2D eigenvalue weighted by Gasteiger charge is 2.24. The molecule has 2 aromatic carbocycles. The first-order valence-electron chi connectivity index (χ1n) is 7.61. The third-order valence-electron chi connectivity index (χ3n) is 4.81. The average Bonchev–Trinajstić information content (AvgIpc) is 2.57. The molecule has 25 heavy (non-hydrogen) atoms. The van der Waals surface area contributed by atoms with Crippen molar-refractivity contribution in [3.8, 4) is 0 Å². The molecule has 0 unspecified atom stereocenters. The topological polar surface area (TPSA) is 103 Å². The zero-order valence-electron chi connectivity index (χ0n) is 14.7. The van der Waals surface area contributed by atoms with Crippen LogP contribution >= 0.6 is 0 Å². The molecule has 0 spiro atoms. The predicted molar refractivity (Wildman–Crippen MR) is 93.3 cm³/mol. The van der Waals surface area contributed by atoms with Crippen molar-refractivity contribution < 1.29 is 14.6 Å². The van der Waals surface area contributed by atoms with E-state index < -0.39 is 27.0 Å². The minimum atomic E-state index is -0.741. The van der Waals surface area contributed by atoms with E-state index >= 15 is 0 Å². The molecule has 0 aliphatic carbocycles. The molecule has 0 saturated carbocycles. The maximum Gasteiger partial charge on any atom is 0.277 e. The third kappa shape index (κ3) is 3.13. The summed E-state index contributed by atoms with van der Waals surface area (Å²) in [5.74, 6) is -0.451. The number of non-ortho nitro benzene ring substituents is 2. The molecule has 0 aromatic heterocycles. The van der Waals surface area contributed by atoms with Crippen LogP contribution in [0.2, 0.25) is 0 Å². The first kappa shape index (κ1) is 18.3. The van der Waals surface area contributed by atoms with E-state index in [0.717, 1.165) is 46.0 Å². The minimum absolute atomic E-state index is 0.0604. The first-order chi connectivity index (χ1) is 11.6. The van der Waals surface area contributed by atoms with Crippen LogP contribution in [0.3, 0.4) is 0 Å². The van der Waals surface area contributed by atoms with Gasteiger partial charge in [0.25, 0.3) is 11.4 Å². The summed E-state index contributed by atoms with van der Waals surface area (Å²) in [7, 11) is 0. The van der Waals surface area contributed by atoms with Crippen molar-refractivity contribution in [1.29, 1.82) is 0 Å². The van der Waals surface area contributed by atoms with Crippen LogP contribution in [0.4, 0.5) is 11.4 Å². The molecule has 0 N–H and O–H groups in total. The lowest BCUT2D eigenvalue weighted by atomic mass is 9.86. The number of nitrogens with zero attached hydrogens (tertiary/aromatic N) is 2. The summed E-state index contributed by atoms with van der Waals surface area (Å²) in [5, 5.41) is 22.1. The van der Waals surface area contributed by atoms with Gasteiger partial charge >= 0.3 is 0 Å². The van der Waals surface area contributed by atoms with E-state index in [9.17, 15) is 25.0 Å². The number of nitro groups is 2. The highest BCUT2D eigenvalue weighted by Crippen LogP contribution is 2.30. The Bertz CT molecular complexity index is 870. The largest absolute Gasteiger partial charge is 0.289 e. The number of nitro benzene ring substituents is 2. The van der Waals surface area contributed by atoms with Gasteiger partial charge in [0, 0.05) is 23.3 Å². The Kier molecular flexibility index (Phi) is 4.69. The van der Waals surface area contributed by atoms with Crippen molar-refractivity contribution in [1.82, 2.24) is 0 Å². The number of benzene rings is 2. The van der Waals surface area contributed by atoms with Gasteiger partial charge in [-0.25, -0.2) is 0 Å².